The Kier molecular flexibility index (Phi) is 8.40. The van der Waals surface area contributed by atoms with Crippen molar-refractivity contribution in [1.82, 2.24) is 0 Å². The largest absolute Gasteiger partial charge is 0.463 e. The summed E-state index contributed by atoms with van der Waals surface area (Å²) < 4.78 is 36.7. The van der Waals surface area contributed by atoms with Crippen LogP contribution < -0.4 is 0 Å². The summed E-state index contributed by atoms with van der Waals surface area (Å²) in [6.07, 6.45) is 11.1. The van der Waals surface area contributed by atoms with Crippen molar-refractivity contribution in [3.63, 3.8) is 0 Å². The first kappa shape index (κ1) is 29.8. The molecule has 1 unspecified atom stereocenters. The number of fused-ring (bicyclic) bond motifs is 5. The van der Waals surface area contributed by atoms with Crippen LogP contribution in [0.4, 0.5) is 0 Å². The van der Waals surface area contributed by atoms with Crippen molar-refractivity contribution in [1.29, 1.82) is 5.26 Å². The lowest BCUT2D eigenvalue weighted by atomic mass is 9.37. The zero-order valence-corrected chi connectivity index (χ0v) is 25.6. The molecule has 4 aliphatic rings. The van der Waals surface area contributed by atoms with E-state index >= 15 is 0 Å². The Balaban J connectivity index is 1.69. The third kappa shape index (κ3) is 5.18. The molecule has 4 saturated carbocycles. The van der Waals surface area contributed by atoms with Crippen LogP contribution in [0.1, 0.15) is 112 Å². The summed E-state index contributed by atoms with van der Waals surface area (Å²) in [5.41, 5.74) is -0.783. The van der Waals surface area contributed by atoms with E-state index in [0.29, 0.717) is 24.7 Å². The van der Waals surface area contributed by atoms with E-state index in [0.717, 1.165) is 50.7 Å². The maximum absolute atomic E-state index is 12.6. The lowest BCUT2D eigenvalue weighted by Gasteiger charge is -2.66. The standard InChI is InChI=1S/C31H51NO5S/c1-20(2)9-8-10-21(3)25-11-12-26-28-27(37-38(7,34)35)18-23-17-24(36-22(4)33)13-14-30(23,6)31(28,19-32)16-15-29(25,26)5/h20-21,23-28H,8-18H2,1-7H3/t21-,23-,24+,25-,26+,27-,28-,29-,30+,31?/m1/s1. The summed E-state index contributed by atoms with van der Waals surface area (Å²) >= 11 is 0. The van der Waals surface area contributed by atoms with Gasteiger partial charge in [-0.1, -0.05) is 53.9 Å². The molecule has 4 aliphatic carbocycles. The van der Waals surface area contributed by atoms with Crippen LogP contribution in [0.15, 0.2) is 0 Å². The third-order valence-corrected chi connectivity index (χ3v) is 12.5. The predicted octanol–water partition coefficient (Wildman–Crippen LogP) is 6.89. The second-order valence-corrected chi connectivity index (χ2v) is 16.0. The fourth-order valence-electron chi connectivity index (χ4n) is 10.1. The number of hydrogen-bond donors (Lipinski definition) is 0. The van der Waals surface area contributed by atoms with Crippen molar-refractivity contribution in [2.75, 3.05) is 6.26 Å². The van der Waals surface area contributed by atoms with Gasteiger partial charge in [0.1, 0.15) is 6.10 Å². The monoisotopic (exact) mass is 549 g/mol. The maximum atomic E-state index is 12.6. The van der Waals surface area contributed by atoms with Gasteiger partial charge in [0.2, 0.25) is 0 Å². The Morgan fingerprint density at radius 2 is 1.76 bits per heavy atom. The van der Waals surface area contributed by atoms with Gasteiger partial charge in [0.05, 0.1) is 23.8 Å². The molecule has 0 spiro atoms. The molecule has 10 atom stereocenters. The zero-order valence-electron chi connectivity index (χ0n) is 24.8. The average molecular weight is 550 g/mol. The molecular formula is C31H51NO5S. The van der Waals surface area contributed by atoms with Crippen LogP contribution in [-0.4, -0.2) is 32.9 Å². The van der Waals surface area contributed by atoms with Gasteiger partial charge in [-0.05, 0) is 91.8 Å². The molecule has 0 amide bonds. The van der Waals surface area contributed by atoms with Crippen LogP contribution in [0.5, 0.6) is 0 Å². The Morgan fingerprint density at radius 1 is 1.05 bits per heavy atom. The Morgan fingerprint density at radius 3 is 2.37 bits per heavy atom. The third-order valence-electron chi connectivity index (χ3n) is 11.9. The molecule has 6 nitrogen and oxygen atoms in total. The number of carbonyl (C=O) groups excluding carboxylic acids is 1. The van der Waals surface area contributed by atoms with Gasteiger partial charge < -0.3 is 4.74 Å². The normalized spacial score (nSPS) is 43.4. The van der Waals surface area contributed by atoms with Crippen molar-refractivity contribution in [3.8, 4) is 6.07 Å². The number of carbonyl (C=O) groups is 1. The highest BCUT2D eigenvalue weighted by Gasteiger charge is 2.71. The summed E-state index contributed by atoms with van der Waals surface area (Å²) in [5, 5.41) is 11.0. The van der Waals surface area contributed by atoms with Gasteiger partial charge >= 0.3 is 5.97 Å². The molecule has 0 aromatic heterocycles. The topological polar surface area (TPSA) is 93.5 Å². The fourth-order valence-corrected chi connectivity index (χ4v) is 10.8. The van der Waals surface area contributed by atoms with Gasteiger partial charge in [-0.25, -0.2) is 0 Å². The fraction of sp³-hybridized carbons (Fsp3) is 0.935. The van der Waals surface area contributed by atoms with Crippen molar-refractivity contribution in [3.05, 3.63) is 0 Å². The van der Waals surface area contributed by atoms with E-state index < -0.39 is 21.6 Å². The molecule has 0 heterocycles. The van der Waals surface area contributed by atoms with E-state index in [2.05, 4.69) is 40.7 Å². The SMILES string of the molecule is CC(=O)O[C@H]1CC[C@@]2(C)[C@H](C1)C[C@@H](OS(C)(=O)=O)[C@H]1[C@@H]3CC[C@H]([C@H](C)CCCC(C)C)[C@@]3(C)CCC12C#N. The molecule has 0 radical (unpaired) electrons. The highest BCUT2D eigenvalue weighted by molar-refractivity contribution is 7.86. The van der Waals surface area contributed by atoms with E-state index in [1.807, 2.05) is 0 Å². The number of nitrogens with zero attached hydrogens (tertiary/aromatic N) is 1. The second kappa shape index (κ2) is 10.7. The Labute approximate surface area is 231 Å². The zero-order chi connectivity index (χ0) is 28.1. The van der Waals surface area contributed by atoms with Crippen LogP contribution in [-0.2, 0) is 23.8 Å². The van der Waals surface area contributed by atoms with E-state index in [9.17, 15) is 18.5 Å². The molecule has 0 aromatic carbocycles. The van der Waals surface area contributed by atoms with Crippen LogP contribution in [0.25, 0.3) is 0 Å². The van der Waals surface area contributed by atoms with E-state index in [4.69, 9.17) is 8.92 Å². The molecule has 0 aliphatic heterocycles. The minimum atomic E-state index is -3.69. The van der Waals surface area contributed by atoms with Gasteiger partial charge in [0.15, 0.2) is 0 Å². The van der Waals surface area contributed by atoms with E-state index in [1.54, 1.807) is 0 Å². The van der Waals surface area contributed by atoms with Crippen LogP contribution in [0.2, 0.25) is 0 Å². The molecule has 38 heavy (non-hydrogen) atoms. The molecule has 4 rings (SSSR count). The van der Waals surface area contributed by atoms with E-state index in [1.165, 1.54) is 26.2 Å². The molecule has 0 saturated heterocycles. The molecule has 4 fully saturated rings. The lowest BCUT2D eigenvalue weighted by molar-refractivity contribution is -0.204. The Hall–Kier alpha value is -1.13. The summed E-state index contributed by atoms with van der Waals surface area (Å²) in [6, 6.07) is 2.87. The number of nitriles is 1. The number of rotatable bonds is 8. The number of ether oxygens (including phenoxy) is 1. The lowest BCUT2D eigenvalue weighted by Crippen LogP contribution is -2.65. The summed E-state index contributed by atoms with van der Waals surface area (Å²) in [7, 11) is -3.69. The van der Waals surface area contributed by atoms with Gasteiger partial charge in [0.25, 0.3) is 10.1 Å². The first-order valence-corrected chi connectivity index (χ1v) is 16.9. The summed E-state index contributed by atoms with van der Waals surface area (Å²) in [4.78, 5) is 11.7. The van der Waals surface area contributed by atoms with Gasteiger partial charge in [-0.2, -0.15) is 13.7 Å². The highest BCUT2D eigenvalue weighted by atomic mass is 32.2. The highest BCUT2D eigenvalue weighted by Crippen LogP contribution is 2.73. The minimum Gasteiger partial charge on any atom is -0.463 e. The van der Waals surface area contributed by atoms with Crippen LogP contribution >= 0.6 is 0 Å². The molecule has 0 N–H and O–H groups in total. The average Bonchev–Trinajstić information content (AvgIpc) is 3.15. The van der Waals surface area contributed by atoms with Crippen LogP contribution in [0.3, 0.4) is 0 Å². The van der Waals surface area contributed by atoms with Crippen LogP contribution in [0, 0.1) is 63.1 Å². The molecule has 0 aromatic rings. The summed E-state index contributed by atoms with van der Waals surface area (Å²) in [6.45, 7) is 13.2. The number of esters is 1. The van der Waals surface area contributed by atoms with E-state index in [-0.39, 0.29) is 40.7 Å². The molecular weight excluding hydrogens is 498 g/mol. The van der Waals surface area contributed by atoms with Crippen molar-refractivity contribution < 1.29 is 22.1 Å². The van der Waals surface area contributed by atoms with Crippen molar-refractivity contribution in [2.24, 2.45) is 51.8 Å². The second-order valence-electron chi connectivity index (χ2n) is 14.4. The smallest absolute Gasteiger partial charge is 0.302 e. The number of hydrogen-bond acceptors (Lipinski definition) is 6. The predicted molar refractivity (Wildman–Crippen MR) is 148 cm³/mol. The molecule has 0 bridgehead atoms. The van der Waals surface area contributed by atoms with Gasteiger partial charge in [-0.3, -0.25) is 8.98 Å². The quantitative estimate of drug-likeness (QED) is 0.242. The van der Waals surface area contributed by atoms with Gasteiger partial charge in [0, 0.05) is 12.8 Å². The first-order valence-electron chi connectivity index (χ1n) is 15.1. The maximum Gasteiger partial charge on any atom is 0.302 e. The molecule has 7 heteroatoms. The molecule has 216 valence electrons. The van der Waals surface area contributed by atoms with Crippen molar-refractivity contribution >= 4 is 16.1 Å². The van der Waals surface area contributed by atoms with Crippen molar-refractivity contribution in [2.45, 2.75) is 124 Å². The summed E-state index contributed by atoms with van der Waals surface area (Å²) in [5.74, 6) is 1.93. The van der Waals surface area contributed by atoms with Gasteiger partial charge in [-0.15, -0.1) is 0 Å². The Bertz CT molecular complexity index is 1040. The minimum absolute atomic E-state index is 0.0831. The first-order chi connectivity index (χ1) is 17.7.